The first-order chi connectivity index (χ1) is 9.85. The number of hydrogen-bond acceptors (Lipinski definition) is 7. The van der Waals surface area contributed by atoms with E-state index in [1.54, 1.807) is 13.2 Å². The number of tetrazole rings is 1. The molecule has 0 fully saturated rings. The lowest BCUT2D eigenvalue weighted by Gasteiger charge is -2.03. The molecule has 0 saturated carbocycles. The molecule has 2 aromatic heterocycles. The summed E-state index contributed by atoms with van der Waals surface area (Å²) in [5.74, 6) is 1.99. The van der Waals surface area contributed by atoms with Crippen molar-refractivity contribution in [1.82, 2.24) is 25.8 Å². The lowest BCUT2D eigenvalue weighted by Crippen LogP contribution is -1.95. The van der Waals surface area contributed by atoms with Crippen molar-refractivity contribution in [2.24, 2.45) is 0 Å². The Kier molecular flexibility index (Phi) is 3.27. The Morgan fingerprint density at radius 1 is 1.25 bits per heavy atom. The SMILES string of the molecule is COc1ccc(COc2cc(-c3nnn[nH]3)on2)cc1. The average Bonchev–Trinajstić information content (AvgIpc) is 3.16. The van der Waals surface area contributed by atoms with E-state index in [2.05, 4.69) is 25.8 Å². The summed E-state index contributed by atoms with van der Waals surface area (Å²) in [6.45, 7) is 0.380. The maximum absolute atomic E-state index is 5.52. The molecule has 0 aliphatic rings. The predicted octanol–water partition coefficient (Wildman–Crippen LogP) is 1.44. The number of ether oxygens (including phenoxy) is 2. The van der Waals surface area contributed by atoms with E-state index in [0.29, 0.717) is 24.1 Å². The lowest BCUT2D eigenvalue weighted by atomic mass is 10.2. The molecule has 0 radical (unpaired) electrons. The first-order valence-corrected chi connectivity index (χ1v) is 5.81. The molecule has 0 atom stereocenters. The summed E-state index contributed by atoms with van der Waals surface area (Å²) in [5, 5.41) is 17.0. The molecule has 8 heteroatoms. The Morgan fingerprint density at radius 3 is 2.80 bits per heavy atom. The summed E-state index contributed by atoms with van der Waals surface area (Å²) >= 11 is 0. The molecule has 102 valence electrons. The van der Waals surface area contributed by atoms with Crippen molar-refractivity contribution in [3.8, 4) is 23.2 Å². The van der Waals surface area contributed by atoms with Crippen LogP contribution in [0.1, 0.15) is 5.56 Å². The molecule has 2 heterocycles. The van der Waals surface area contributed by atoms with Gasteiger partial charge in [0.1, 0.15) is 12.4 Å². The molecule has 0 aliphatic carbocycles. The zero-order valence-corrected chi connectivity index (χ0v) is 10.6. The fourth-order valence-corrected chi connectivity index (χ4v) is 1.58. The first kappa shape index (κ1) is 12.2. The van der Waals surface area contributed by atoms with Crippen molar-refractivity contribution in [2.75, 3.05) is 7.11 Å². The van der Waals surface area contributed by atoms with E-state index < -0.39 is 0 Å². The fourth-order valence-electron chi connectivity index (χ4n) is 1.58. The molecule has 0 spiro atoms. The summed E-state index contributed by atoms with van der Waals surface area (Å²) in [4.78, 5) is 0. The van der Waals surface area contributed by atoms with Gasteiger partial charge in [-0.3, -0.25) is 0 Å². The molecule has 0 saturated heterocycles. The molecular formula is C12H11N5O3. The van der Waals surface area contributed by atoms with E-state index in [1.807, 2.05) is 24.3 Å². The van der Waals surface area contributed by atoms with Gasteiger partial charge in [-0.15, -0.1) is 5.10 Å². The maximum atomic E-state index is 5.52. The van der Waals surface area contributed by atoms with Crippen LogP contribution in [0.4, 0.5) is 0 Å². The van der Waals surface area contributed by atoms with Crippen molar-refractivity contribution in [3.63, 3.8) is 0 Å². The molecule has 8 nitrogen and oxygen atoms in total. The second-order valence-corrected chi connectivity index (χ2v) is 3.92. The van der Waals surface area contributed by atoms with Gasteiger partial charge >= 0.3 is 0 Å². The number of aromatic nitrogens is 5. The third kappa shape index (κ3) is 2.58. The number of nitrogens with one attached hydrogen (secondary N) is 1. The molecule has 3 aromatic rings. The van der Waals surface area contributed by atoms with Gasteiger partial charge in [0.25, 0.3) is 5.88 Å². The summed E-state index contributed by atoms with van der Waals surface area (Å²) in [5.41, 5.74) is 0.997. The Morgan fingerprint density at radius 2 is 2.10 bits per heavy atom. The highest BCUT2D eigenvalue weighted by molar-refractivity contribution is 5.46. The van der Waals surface area contributed by atoms with Crippen LogP contribution in [0.25, 0.3) is 11.6 Å². The third-order valence-electron chi connectivity index (χ3n) is 2.61. The van der Waals surface area contributed by atoms with E-state index >= 15 is 0 Å². The van der Waals surface area contributed by atoms with Gasteiger partial charge in [-0.05, 0) is 33.3 Å². The molecule has 1 aromatic carbocycles. The smallest absolute Gasteiger partial charge is 0.255 e. The van der Waals surface area contributed by atoms with Crippen molar-refractivity contribution in [2.45, 2.75) is 6.61 Å². The van der Waals surface area contributed by atoms with Crippen LogP contribution in [-0.2, 0) is 6.61 Å². The second-order valence-electron chi connectivity index (χ2n) is 3.92. The fraction of sp³-hybridized carbons (Fsp3) is 0.167. The minimum absolute atomic E-state index is 0.368. The van der Waals surface area contributed by atoms with Crippen LogP contribution in [-0.4, -0.2) is 32.9 Å². The molecule has 20 heavy (non-hydrogen) atoms. The Bertz CT molecular complexity index is 663. The van der Waals surface area contributed by atoms with E-state index in [9.17, 15) is 0 Å². The number of hydrogen-bond donors (Lipinski definition) is 1. The Hall–Kier alpha value is -2.90. The number of benzene rings is 1. The van der Waals surface area contributed by atoms with Gasteiger partial charge in [0.15, 0.2) is 0 Å². The summed E-state index contributed by atoms with van der Waals surface area (Å²) < 4.78 is 15.7. The van der Waals surface area contributed by atoms with E-state index in [-0.39, 0.29) is 0 Å². The highest BCUT2D eigenvalue weighted by Gasteiger charge is 2.10. The lowest BCUT2D eigenvalue weighted by molar-refractivity contribution is 0.270. The molecule has 0 amide bonds. The second kappa shape index (κ2) is 5.39. The van der Waals surface area contributed by atoms with Crippen molar-refractivity contribution in [1.29, 1.82) is 0 Å². The van der Waals surface area contributed by atoms with Gasteiger partial charge in [0.2, 0.25) is 11.6 Å². The molecule has 0 unspecified atom stereocenters. The van der Waals surface area contributed by atoms with Gasteiger partial charge in [0.05, 0.1) is 13.2 Å². The summed E-state index contributed by atoms with van der Waals surface area (Å²) in [6, 6.07) is 9.19. The van der Waals surface area contributed by atoms with Gasteiger partial charge in [-0.1, -0.05) is 12.1 Å². The van der Waals surface area contributed by atoms with E-state index in [0.717, 1.165) is 11.3 Å². The van der Waals surface area contributed by atoms with Crippen molar-refractivity contribution >= 4 is 0 Å². The van der Waals surface area contributed by atoms with Crippen molar-refractivity contribution < 1.29 is 14.0 Å². The quantitative estimate of drug-likeness (QED) is 0.750. The predicted molar refractivity (Wildman–Crippen MR) is 67.0 cm³/mol. The van der Waals surface area contributed by atoms with Gasteiger partial charge in [-0.25, -0.2) is 5.10 Å². The van der Waals surface area contributed by atoms with Crippen LogP contribution in [0, 0.1) is 0 Å². The van der Waals surface area contributed by atoms with E-state index in [4.69, 9.17) is 14.0 Å². The molecule has 0 bridgehead atoms. The van der Waals surface area contributed by atoms with Crippen molar-refractivity contribution in [3.05, 3.63) is 35.9 Å². The highest BCUT2D eigenvalue weighted by Crippen LogP contribution is 2.20. The Labute approximate surface area is 113 Å². The van der Waals surface area contributed by atoms with Gasteiger partial charge in [-0.2, -0.15) is 0 Å². The summed E-state index contributed by atoms with van der Waals surface area (Å²) in [6.07, 6.45) is 0. The van der Waals surface area contributed by atoms with Gasteiger partial charge < -0.3 is 14.0 Å². The van der Waals surface area contributed by atoms with Crippen LogP contribution >= 0.6 is 0 Å². The number of rotatable bonds is 5. The van der Waals surface area contributed by atoms with Crippen LogP contribution in [0.15, 0.2) is 34.9 Å². The largest absolute Gasteiger partial charge is 0.497 e. The normalized spacial score (nSPS) is 10.4. The van der Waals surface area contributed by atoms with Crippen LogP contribution in [0.3, 0.4) is 0 Å². The van der Waals surface area contributed by atoms with Crippen LogP contribution < -0.4 is 9.47 Å². The first-order valence-electron chi connectivity index (χ1n) is 5.81. The number of nitrogens with zero attached hydrogens (tertiary/aromatic N) is 4. The molecule has 3 rings (SSSR count). The third-order valence-corrected chi connectivity index (χ3v) is 2.61. The minimum Gasteiger partial charge on any atom is -0.497 e. The van der Waals surface area contributed by atoms with Crippen LogP contribution in [0.5, 0.6) is 11.6 Å². The van der Waals surface area contributed by atoms with Gasteiger partial charge in [0, 0.05) is 0 Å². The zero-order chi connectivity index (χ0) is 13.8. The Balaban J connectivity index is 1.63. The number of H-pyrrole nitrogens is 1. The number of aromatic amines is 1. The molecule has 1 N–H and O–H groups in total. The maximum Gasteiger partial charge on any atom is 0.255 e. The highest BCUT2D eigenvalue weighted by atomic mass is 16.5. The standard InChI is InChI=1S/C12H11N5O3/c1-18-9-4-2-8(3-5-9)7-19-11-6-10(20-15-11)12-13-16-17-14-12/h2-6H,7H2,1H3,(H,13,14,16,17). The monoisotopic (exact) mass is 273 g/mol. The van der Waals surface area contributed by atoms with Crippen LogP contribution in [0.2, 0.25) is 0 Å². The zero-order valence-electron chi connectivity index (χ0n) is 10.6. The minimum atomic E-state index is 0.368. The average molecular weight is 273 g/mol. The molecular weight excluding hydrogens is 262 g/mol. The summed E-state index contributed by atoms with van der Waals surface area (Å²) in [7, 11) is 1.63. The molecule has 0 aliphatic heterocycles. The van der Waals surface area contributed by atoms with E-state index in [1.165, 1.54) is 0 Å². The topological polar surface area (TPSA) is 99.0 Å². The number of methoxy groups -OCH3 is 1.